The molecule has 2 rings (SSSR count). The fraction of sp³-hybridized carbons (Fsp3) is 0.800. The Morgan fingerprint density at radius 1 is 1.50 bits per heavy atom. The van der Waals surface area contributed by atoms with E-state index in [0.717, 1.165) is 24.6 Å². The van der Waals surface area contributed by atoms with Crippen molar-refractivity contribution in [1.82, 2.24) is 10.1 Å². The molecule has 1 fully saturated rings. The summed E-state index contributed by atoms with van der Waals surface area (Å²) in [5.74, 6) is 2.18. The number of rotatable bonds is 4. The van der Waals surface area contributed by atoms with Crippen molar-refractivity contribution in [2.75, 3.05) is 0 Å². The third-order valence-electron chi connectivity index (χ3n) is 2.41. The normalized spacial score (nSPS) is 17.4. The molecule has 0 spiro atoms. The average molecular weight is 195 g/mol. The Kier molecular flexibility index (Phi) is 2.31. The van der Waals surface area contributed by atoms with E-state index in [4.69, 9.17) is 10.3 Å². The molecule has 0 aliphatic heterocycles. The van der Waals surface area contributed by atoms with Crippen molar-refractivity contribution >= 4 is 0 Å². The summed E-state index contributed by atoms with van der Waals surface area (Å²) in [7, 11) is 0. The van der Waals surface area contributed by atoms with Crippen molar-refractivity contribution in [3.05, 3.63) is 11.7 Å². The molecule has 4 nitrogen and oxygen atoms in total. The van der Waals surface area contributed by atoms with E-state index in [-0.39, 0.29) is 5.54 Å². The molecule has 1 aromatic heterocycles. The van der Waals surface area contributed by atoms with Crippen molar-refractivity contribution in [3.63, 3.8) is 0 Å². The van der Waals surface area contributed by atoms with Crippen LogP contribution < -0.4 is 5.73 Å². The third-order valence-corrected chi connectivity index (χ3v) is 2.41. The Labute approximate surface area is 83.9 Å². The van der Waals surface area contributed by atoms with E-state index in [1.54, 1.807) is 0 Å². The molecule has 2 N–H and O–H groups in total. The summed E-state index contributed by atoms with van der Waals surface area (Å²) in [6.45, 7) is 4.01. The van der Waals surface area contributed by atoms with Gasteiger partial charge in [-0.25, -0.2) is 0 Å². The smallest absolute Gasteiger partial charge is 0.226 e. The second kappa shape index (κ2) is 3.35. The number of hydrogen-bond donors (Lipinski definition) is 1. The van der Waals surface area contributed by atoms with E-state index in [0.29, 0.717) is 5.92 Å². The molecule has 1 aliphatic carbocycles. The van der Waals surface area contributed by atoms with Gasteiger partial charge in [0.25, 0.3) is 0 Å². The molecular weight excluding hydrogens is 178 g/mol. The molecule has 4 heteroatoms. The lowest BCUT2D eigenvalue weighted by molar-refractivity contribution is 0.354. The van der Waals surface area contributed by atoms with Crippen LogP contribution in [0.5, 0.6) is 0 Å². The van der Waals surface area contributed by atoms with Crippen LogP contribution in [-0.2, 0) is 6.42 Å². The van der Waals surface area contributed by atoms with Gasteiger partial charge in [-0.15, -0.1) is 0 Å². The van der Waals surface area contributed by atoms with E-state index in [1.165, 1.54) is 12.8 Å². The van der Waals surface area contributed by atoms with Gasteiger partial charge in [0.1, 0.15) is 0 Å². The first-order valence-corrected chi connectivity index (χ1v) is 5.16. The van der Waals surface area contributed by atoms with Gasteiger partial charge in [0.05, 0.1) is 0 Å². The average Bonchev–Trinajstić information content (AvgIpc) is 2.81. The molecule has 1 saturated carbocycles. The number of nitrogens with zero attached hydrogens (tertiary/aromatic N) is 2. The molecule has 0 atom stereocenters. The van der Waals surface area contributed by atoms with Gasteiger partial charge in [-0.1, -0.05) is 5.16 Å². The monoisotopic (exact) mass is 195 g/mol. The van der Waals surface area contributed by atoms with E-state index in [2.05, 4.69) is 10.1 Å². The minimum absolute atomic E-state index is 0.159. The number of aromatic nitrogens is 2. The van der Waals surface area contributed by atoms with Gasteiger partial charge in [-0.3, -0.25) is 0 Å². The Balaban J connectivity index is 1.90. The molecule has 78 valence electrons. The highest BCUT2D eigenvalue weighted by Crippen LogP contribution is 2.38. The predicted octanol–water partition coefficient (Wildman–Crippen LogP) is 1.62. The zero-order valence-corrected chi connectivity index (χ0v) is 8.79. The maximum absolute atomic E-state index is 5.87. The van der Waals surface area contributed by atoms with Crippen LogP contribution in [0.2, 0.25) is 0 Å². The topological polar surface area (TPSA) is 64.9 Å². The van der Waals surface area contributed by atoms with Gasteiger partial charge < -0.3 is 10.3 Å². The van der Waals surface area contributed by atoms with Crippen LogP contribution in [0.15, 0.2) is 4.52 Å². The molecule has 1 aromatic rings. The highest BCUT2D eigenvalue weighted by molar-refractivity contribution is 5.03. The van der Waals surface area contributed by atoms with Crippen LogP contribution in [-0.4, -0.2) is 15.7 Å². The largest absolute Gasteiger partial charge is 0.339 e. The van der Waals surface area contributed by atoms with Crippen LogP contribution in [0.3, 0.4) is 0 Å². The summed E-state index contributed by atoms with van der Waals surface area (Å²) in [5, 5.41) is 3.95. The second-order valence-electron chi connectivity index (χ2n) is 4.81. The molecule has 0 unspecified atom stereocenters. The maximum atomic E-state index is 5.87. The first-order chi connectivity index (χ1) is 6.54. The zero-order valence-electron chi connectivity index (χ0n) is 8.79. The second-order valence-corrected chi connectivity index (χ2v) is 4.81. The molecule has 14 heavy (non-hydrogen) atoms. The molecule has 0 radical (unpaired) electrons. The molecular formula is C10H17N3O. The van der Waals surface area contributed by atoms with Crippen LogP contribution in [0.25, 0.3) is 0 Å². The maximum Gasteiger partial charge on any atom is 0.226 e. The van der Waals surface area contributed by atoms with Crippen molar-refractivity contribution < 1.29 is 4.52 Å². The van der Waals surface area contributed by atoms with Crippen molar-refractivity contribution in [1.29, 1.82) is 0 Å². The van der Waals surface area contributed by atoms with E-state index < -0.39 is 0 Å². The minimum Gasteiger partial charge on any atom is -0.339 e. The fourth-order valence-corrected chi connectivity index (χ4v) is 1.31. The van der Waals surface area contributed by atoms with Crippen LogP contribution in [0.4, 0.5) is 0 Å². The first-order valence-electron chi connectivity index (χ1n) is 5.16. The van der Waals surface area contributed by atoms with Crippen LogP contribution >= 0.6 is 0 Å². The summed E-state index contributed by atoms with van der Waals surface area (Å²) in [6.07, 6.45) is 4.07. The highest BCUT2D eigenvalue weighted by atomic mass is 16.5. The Morgan fingerprint density at radius 2 is 2.21 bits per heavy atom. The summed E-state index contributed by atoms with van der Waals surface area (Å²) in [6, 6.07) is 0. The zero-order chi connectivity index (χ0) is 10.2. The Hall–Kier alpha value is -0.900. The number of nitrogens with two attached hydrogens (primary N) is 1. The Morgan fingerprint density at radius 3 is 2.79 bits per heavy atom. The molecule has 0 saturated heterocycles. The Bertz CT molecular complexity index is 309. The summed E-state index contributed by atoms with van der Waals surface area (Å²) in [5.41, 5.74) is 5.71. The van der Waals surface area contributed by atoms with Gasteiger partial charge in [0, 0.05) is 17.9 Å². The van der Waals surface area contributed by atoms with E-state index >= 15 is 0 Å². The van der Waals surface area contributed by atoms with Gasteiger partial charge in [0.2, 0.25) is 5.89 Å². The lowest BCUT2D eigenvalue weighted by Gasteiger charge is -2.16. The molecule has 1 aliphatic rings. The lowest BCUT2D eigenvalue weighted by Crippen LogP contribution is -2.32. The van der Waals surface area contributed by atoms with Crippen molar-refractivity contribution in [2.24, 2.45) is 5.73 Å². The van der Waals surface area contributed by atoms with Gasteiger partial charge in [-0.2, -0.15) is 4.98 Å². The molecule has 0 amide bonds. The van der Waals surface area contributed by atoms with Gasteiger partial charge in [-0.05, 0) is 33.1 Å². The first kappa shape index (κ1) is 9.65. The highest BCUT2D eigenvalue weighted by Gasteiger charge is 2.28. The molecule has 0 aromatic carbocycles. The predicted molar refractivity (Wildman–Crippen MR) is 52.9 cm³/mol. The summed E-state index contributed by atoms with van der Waals surface area (Å²) < 4.78 is 5.14. The van der Waals surface area contributed by atoms with Crippen LogP contribution in [0, 0.1) is 0 Å². The molecule has 0 bridgehead atoms. The minimum atomic E-state index is -0.159. The van der Waals surface area contributed by atoms with E-state index in [9.17, 15) is 0 Å². The van der Waals surface area contributed by atoms with E-state index in [1.807, 2.05) is 13.8 Å². The van der Waals surface area contributed by atoms with Crippen molar-refractivity contribution in [2.45, 2.75) is 51.0 Å². The number of hydrogen-bond acceptors (Lipinski definition) is 4. The van der Waals surface area contributed by atoms with Gasteiger partial charge in [0.15, 0.2) is 5.82 Å². The standard InChI is InChI=1S/C10H17N3O/c1-10(2,11)6-5-8-12-9(13-14-8)7-3-4-7/h7H,3-6,11H2,1-2H3. The lowest BCUT2D eigenvalue weighted by atomic mass is 10.0. The van der Waals surface area contributed by atoms with Gasteiger partial charge >= 0.3 is 0 Å². The van der Waals surface area contributed by atoms with Crippen molar-refractivity contribution in [3.8, 4) is 0 Å². The molecule has 1 heterocycles. The fourth-order valence-electron chi connectivity index (χ4n) is 1.31. The number of aryl methyl sites for hydroxylation is 1. The summed E-state index contributed by atoms with van der Waals surface area (Å²) >= 11 is 0. The SMILES string of the molecule is CC(C)(N)CCc1nc(C2CC2)no1. The third kappa shape index (κ3) is 2.54. The quantitative estimate of drug-likeness (QED) is 0.792. The van der Waals surface area contributed by atoms with Crippen LogP contribution in [0.1, 0.15) is 50.7 Å². The summed E-state index contributed by atoms with van der Waals surface area (Å²) in [4.78, 5) is 4.34.